The minimum Gasteiger partial charge on any atom is -0.309 e. The lowest BCUT2D eigenvalue weighted by Crippen LogP contribution is -2.00. The highest BCUT2D eigenvalue weighted by atomic mass is 15.0. The molecule has 0 aliphatic heterocycles. The number of hydrogen-bond acceptors (Lipinski definition) is 3. The zero-order valence-electron chi connectivity index (χ0n) is 37.3. The summed E-state index contributed by atoms with van der Waals surface area (Å²) in [5, 5.41) is 7.31. The number of aromatic nitrogens is 6. The smallest absolute Gasteiger partial charge is 0.164 e. The fraction of sp³-hybridized carbons (Fsp3) is 0. The molecule has 14 aromatic rings. The van der Waals surface area contributed by atoms with Crippen molar-refractivity contribution in [2.75, 3.05) is 0 Å². The van der Waals surface area contributed by atoms with Gasteiger partial charge in [0.2, 0.25) is 0 Å². The van der Waals surface area contributed by atoms with E-state index in [-0.39, 0.29) is 0 Å². The fourth-order valence-corrected chi connectivity index (χ4v) is 10.5. The van der Waals surface area contributed by atoms with Crippen molar-refractivity contribution in [1.82, 2.24) is 28.7 Å². The van der Waals surface area contributed by atoms with E-state index in [1.54, 1.807) is 0 Å². The van der Waals surface area contributed by atoms with Crippen LogP contribution in [0.4, 0.5) is 0 Å². The molecule has 14 rings (SSSR count). The predicted molar refractivity (Wildman–Crippen MR) is 285 cm³/mol. The highest BCUT2D eigenvalue weighted by Gasteiger charge is 2.20. The molecule has 0 radical (unpaired) electrons. The van der Waals surface area contributed by atoms with Crippen LogP contribution in [0.1, 0.15) is 0 Å². The first-order chi connectivity index (χ1) is 34.2. The lowest BCUT2D eigenvalue weighted by molar-refractivity contribution is 1.07. The van der Waals surface area contributed by atoms with Crippen molar-refractivity contribution < 1.29 is 0 Å². The molecule has 0 atom stereocenters. The van der Waals surface area contributed by atoms with Crippen molar-refractivity contribution in [1.29, 1.82) is 0 Å². The van der Waals surface area contributed by atoms with Gasteiger partial charge in [0.25, 0.3) is 0 Å². The topological polar surface area (TPSA) is 53.5 Å². The Morgan fingerprint density at radius 2 is 0.507 bits per heavy atom. The molecular formula is C63H40N6. The third kappa shape index (κ3) is 6.30. The van der Waals surface area contributed by atoms with E-state index in [1.165, 1.54) is 59.9 Å². The van der Waals surface area contributed by atoms with Crippen molar-refractivity contribution in [3.05, 3.63) is 243 Å². The zero-order chi connectivity index (χ0) is 45.4. The summed E-state index contributed by atoms with van der Waals surface area (Å²) in [5.74, 6) is 1.91. The summed E-state index contributed by atoms with van der Waals surface area (Å²) in [6.07, 6.45) is 0. The van der Waals surface area contributed by atoms with Gasteiger partial charge in [-0.1, -0.05) is 146 Å². The van der Waals surface area contributed by atoms with E-state index >= 15 is 0 Å². The van der Waals surface area contributed by atoms with E-state index in [0.29, 0.717) is 17.5 Å². The standard InChI is InChI=1S/C63H40N6/c1-4-16-41(17-5-1)61-64-62(42-18-6-2-7-19-42)66-63(65-61)43-28-32-47(33-29-43)68-59-36-31-45(44-30-35-58-52(38-44)51-24-12-15-27-57(51)67(58)46-20-8-3-9-21-46)39-53(59)54-40-48(34-37-60(54)68)69-55-25-13-10-22-49(55)50-23-11-14-26-56(50)69/h1-40H. The summed E-state index contributed by atoms with van der Waals surface area (Å²) in [4.78, 5) is 15.0. The molecule has 322 valence electrons. The van der Waals surface area contributed by atoms with Crippen molar-refractivity contribution in [3.8, 4) is 62.4 Å². The Morgan fingerprint density at radius 3 is 1.00 bits per heavy atom. The summed E-state index contributed by atoms with van der Waals surface area (Å²) in [7, 11) is 0. The maximum atomic E-state index is 5.03. The molecule has 6 heteroatoms. The van der Waals surface area contributed by atoms with Crippen LogP contribution in [0.25, 0.3) is 128 Å². The van der Waals surface area contributed by atoms with Crippen molar-refractivity contribution in [2.45, 2.75) is 0 Å². The zero-order valence-corrected chi connectivity index (χ0v) is 37.3. The van der Waals surface area contributed by atoms with Gasteiger partial charge in [-0.05, 0) is 108 Å². The lowest BCUT2D eigenvalue weighted by Gasteiger charge is -2.12. The lowest BCUT2D eigenvalue weighted by atomic mass is 10.0. The van der Waals surface area contributed by atoms with Crippen LogP contribution in [0.15, 0.2) is 243 Å². The molecule has 6 nitrogen and oxygen atoms in total. The minimum absolute atomic E-state index is 0.626. The van der Waals surface area contributed by atoms with Crippen LogP contribution in [0.3, 0.4) is 0 Å². The van der Waals surface area contributed by atoms with Crippen LogP contribution in [-0.2, 0) is 0 Å². The Bertz CT molecular complexity index is 4170. The first-order valence-electron chi connectivity index (χ1n) is 23.4. The third-order valence-electron chi connectivity index (χ3n) is 13.7. The van der Waals surface area contributed by atoms with Gasteiger partial charge in [-0.3, -0.25) is 0 Å². The molecule has 0 bridgehead atoms. The van der Waals surface area contributed by atoms with Gasteiger partial charge in [-0.2, -0.15) is 0 Å². The van der Waals surface area contributed by atoms with Gasteiger partial charge in [-0.15, -0.1) is 0 Å². The summed E-state index contributed by atoms with van der Waals surface area (Å²) >= 11 is 0. The molecule has 0 aliphatic carbocycles. The Hall–Kier alpha value is -9.39. The van der Waals surface area contributed by atoms with Crippen LogP contribution in [0.2, 0.25) is 0 Å². The van der Waals surface area contributed by atoms with Crippen LogP contribution >= 0.6 is 0 Å². The minimum atomic E-state index is 0.626. The molecule has 4 aromatic heterocycles. The molecule has 0 saturated heterocycles. The number of nitrogens with zero attached hydrogens (tertiary/aromatic N) is 6. The largest absolute Gasteiger partial charge is 0.309 e. The molecular weight excluding hydrogens is 841 g/mol. The number of fused-ring (bicyclic) bond motifs is 9. The van der Waals surface area contributed by atoms with Crippen LogP contribution in [-0.4, -0.2) is 28.7 Å². The van der Waals surface area contributed by atoms with E-state index in [1.807, 2.05) is 60.7 Å². The maximum absolute atomic E-state index is 5.03. The molecule has 0 fully saturated rings. The Morgan fingerprint density at radius 1 is 0.203 bits per heavy atom. The molecule has 0 aliphatic rings. The van der Waals surface area contributed by atoms with E-state index < -0.39 is 0 Å². The average Bonchev–Trinajstić information content (AvgIpc) is 4.06. The van der Waals surface area contributed by atoms with Gasteiger partial charge in [-0.25, -0.2) is 15.0 Å². The Kier molecular flexibility index (Phi) is 8.79. The average molecular weight is 881 g/mol. The SMILES string of the molecule is c1ccc(-c2nc(-c3ccccc3)nc(-c3ccc(-n4c5ccc(-c6ccc7c(c6)c6ccccc6n7-c6ccccc6)cc5c5cc(-n6c7ccccc7c7ccccc76)ccc54)cc3)n2)cc1. The number of hydrogen-bond donors (Lipinski definition) is 0. The molecule has 0 amide bonds. The van der Waals surface area contributed by atoms with Crippen molar-refractivity contribution >= 4 is 65.4 Å². The van der Waals surface area contributed by atoms with Gasteiger partial charge in [0, 0.05) is 66.1 Å². The molecule has 0 spiro atoms. The van der Waals surface area contributed by atoms with Gasteiger partial charge in [0.15, 0.2) is 17.5 Å². The fourth-order valence-electron chi connectivity index (χ4n) is 10.5. The van der Waals surface area contributed by atoms with Gasteiger partial charge in [0.05, 0.1) is 33.1 Å². The summed E-state index contributed by atoms with van der Waals surface area (Å²) in [6.45, 7) is 0. The van der Waals surface area contributed by atoms with Crippen LogP contribution in [0.5, 0.6) is 0 Å². The predicted octanol–water partition coefficient (Wildman–Crippen LogP) is 15.8. The summed E-state index contributed by atoms with van der Waals surface area (Å²) in [6, 6.07) is 86.5. The van der Waals surface area contributed by atoms with Crippen LogP contribution < -0.4 is 0 Å². The number of rotatable bonds is 7. The van der Waals surface area contributed by atoms with E-state index in [9.17, 15) is 0 Å². The van der Waals surface area contributed by atoms with Gasteiger partial charge < -0.3 is 13.7 Å². The highest BCUT2D eigenvalue weighted by molar-refractivity contribution is 6.14. The second-order valence-electron chi connectivity index (χ2n) is 17.6. The van der Waals surface area contributed by atoms with Gasteiger partial charge in [0.1, 0.15) is 0 Å². The second kappa shape index (κ2) is 15.6. The molecule has 4 heterocycles. The number of para-hydroxylation sites is 4. The van der Waals surface area contributed by atoms with Crippen LogP contribution in [0, 0.1) is 0 Å². The Balaban J connectivity index is 0.950. The highest BCUT2D eigenvalue weighted by Crippen LogP contribution is 2.41. The second-order valence-corrected chi connectivity index (χ2v) is 17.6. The van der Waals surface area contributed by atoms with E-state index in [4.69, 9.17) is 15.0 Å². The summed E-state index contributed by atoms with van der Waals surface area (Å²) < 4.78 is 7.17. The quantitative estimate of drug-likeness (QED) is 0.160. The molecule has 69 heavy (non-hydrogen) atoms. The first-order valence-corrected chi connectivity index (χ1v) is 23.4. The third-order valence-corrected chi connectivity index (χ3v) is 13.7. The Labute approximate surface area is 397 Å². The molecule has 0 N–H and O–H groups in total. The molecule has 0 unspecified atom stereocenters. The van der Waals surface area contributed by atoms with E-state index in [2.05, 4.69) is 196 Å². The number of benzene rings is 10. The van der Waals surface area contributed by atoms with Gasteiger partial charge >= 0.3 is 0 Å². The maximum Gasteiger partial charge on any atom is 0.164 e. The normalized spacial score (nSPS) is 11.8. The van der Waals surface area contributed by atoms with E-state index in [0.717, 1.165) is 50.3 Å². The molecule has 10 aromatic carbocycles. The summed E-state index contributed by atoms with van der Waals surface area (Å²) in [5.41, 5.74) is 15.5. The van der Waals surface area contributed by atoms with Crippen molar-refractivity contribution in [3.63, 3.8) is 0 Å². The first kappa shape index (κ1) is 38.8. The monoisotopic (exact) mass is 880 g/mol. The molecule has 0 saturated carbocycles. The van der Waals surface area contributed by atoms with Crippen molar-refractivity contribution in [2.24, 2.45) is 0 Å².